The summed E-state index contributed by atoms with van der Waals surface area (Å²) in [5, 5.41) is 3.66. The van der Waals surface area contributed by atoms with Crippen molar-refractivity contribution >= 4 is 0 Å². The van der Waals surface area contributed by atoms with Gasteiger partial charge in [-0.1, -0.05) is 34.1 Å². The van der Waals surface area contributed by atoms with Gasteiger partial charge in [-0.15, -0.1) is 0 Å². The highest BCUT2D eigenvalue weighted by atomic mass is 14.9. The lowest BCUT2D eigenvalue weighted by Gasteiger charge is -2.34. The van der Waals surface area contributed by atoms with Gasteiger partial charge in [0.05, 0.1) is 0 Å². The SMILES string of the molecule is CCC(CN)CCNC(C)(C)CC(C)(C)C. The lowest BCUT2D eigenvalue weighted by atomic mass is 9.81. The van der Waals surface area contributed by atoms with E-state index < -0.39 is 0 Å². The number of nitrogens with two attached hydrogens (primary N) is 1. The van der Waals surface area contributed by atoms with Crippen molar-refractivity contribution in [2.45, 2.75) is 66.3 Å². The van der Waals surface area contributed by atoms with Crippen LogP contribution in [0.1, 0.15) is 60.8 Å². The first-order chi connectivity index (χ1) is 7.20. The molecule has 0 aromatic carbocycles. The van der Waals surface area contributed by atoms with Crippen LogP contribution < -0.4 is 11.1 Å². The van der Waals surface area contributed by atoms with E-state index in [0.29, 0.717) is 11.3 Å². The second kappa shape index (κ2) is 6.61. The first kappa shape index (κ1) is 15.9. The Balaban J connectivity index is 3.90. The van der Waals surface area contributed by atoms with E-state index in [1.807, 2.05) is 0 Å². The molecular weight excluding hydrogens is 196 g/mol. The molecule has 0 saturated heterocycles. The van der Waals surface area contributed by atoms with Gasteiger partial charge in [0.25, 0.3) is 0 Å². The number of rotatable bonds is 7. The van der Waals surface area contributed by atoms with Gasteiger partial charge in [0.15, 0.2) is 0 Å². The van der Waals surface area contributed by atoms with E-state index in [-0.39, 0.29) is 5.54 Å². The fourth-order valence-corrected chi connectivity index (χ4v) is 2.49. The Labute approximate surface area is 102 Å². The Kier molecular flexibility index (Phi) is 6.57. The summed E-state index contributed by atoms with van der Waals surface area (Å²) < 4.78 is 0. The highest BCUT2D eigenvalue weighted by Gasteiger charge is 2.24. The van der Waals surface area contributed by atoms with Crippen LogP contribution in [0.15, 0.2) is 0 Å². The van der Waals surface area contributed by atoms with Crippen LogP contribution in [0, 0.1) is 11.3 Å². The molecule has 0 aliphatic heterocycles. The zero-order valence-corrected chi connectivity index (χ0v) is 12.2. The summed E-state index contributed by atoms with van der Waals surface area (Å²) in [6.45, 7) is 15.6. The fourth-order valence-electron chi connectivity index (χ4n) is 2.49. The van der Waals surface area contributed by atoms with Gasteiger partial charge < -0.3 is 11.1 Å². The summed E-state index contributed by atoms with van der Waals surface area (Å²) in [4.78, 5) is 0. The van der Waals surface area contributed by atoms with Crippen LogP contribution in [0.4, 0.5) is 0 Å². The molecule has 0 aliphatic carbocycles. The highest BCUT2D eigenvalue weighted by molar-refractivity contribution is 4.83. The van der Waals surface area contributed by atoms with Crippen molar-refractivity contribution < 1.29 is 0 Å². The third-order valence-corrected chi connectivity index (χ3v) is 3.04. The van der Waals surface area contributed by atoms with Gasteiger partial charge in [0.2, 0.25) is 0 Å². The van der Waals surface area contributed by atoms with Crippen molar-refractivity contribution in [2.75, 3.05) is 13.1 Å². The van der Waals surface area contributed by atoms with Crippen LogP contribution in [0.5, 0.6) is 0 Å². The van der Waals surface area contributed by atoms with Gasteiger partial charge in [0.1, 0.15) is 0 Å². The van der Waals surface area contributed by atoms with Gasteiger partial charge in [-0.05, 0) is 51.1 Å². The van der Waals surface area contributed by atoms with E-state index in [0.717, 1.165) is 13.1 Å². The third kappa shape index (κ3) is 8.12. The predicted octanol–water partition coefficient (Wildman–Crippen LogP) is 3.17. The van der Waals surface area contributed by atoms with Crippen molar-refractivity contribution in [1.82, 2.24) is 5.32 Å². The Morgan fingerprint density at radius 3 is 2.06 bits per heavy atom. The van der Waals surface area contributed by atoms with Gasteiger partial charge in [0, 0.05) is 5.54 Å². The lowest BCUT2D eigenvalue weighted by molar-refractivity contribution is 0.237. The summed E-state index contributed by atoms with van der Waals surface area (Å²) in [6, 6.07) is 0. The molecule has 1 atom stereocenters. The molecule has 3 N–H and O–H groups in total. The number of nitrogens with one attached hydrogen (secondary N) is 1. The van der Waals surface area contributed by atoms with Crippen LogP contribution in [0.25, 0.3) is 0 Å². The summed E-state index contributed by atoms with van der Waals surface area (Å²) in [7, 11) is 0. The summed E-state index contributed by atoms with van der Waals surface area (Å²) in [5.74, 6) is 0.679. The van der Waals surface area contributed by atoms with Crippen LogP contribution in [0.3, 0.4) is 0 Å². The van der Waals surface area contributed by atoms with Crippen molar-refractivity contribution in [1.29, 1.82) is 0 Å². The highest BCUT2D eigenvalue weighted by Crippen LogP contribution is 2.26. The summed E-state index contributed by atoms with van der Waals surface area (Å²) >= 11 is 0. The van der Waals surface area contributed by atoms with Crippen LogP contribution in [0.2, 0.25) is 0 Å². The first-order valence-electron chi connectivity index (χ1n) is 6.65. The second-order valence-corrected chi connectivity index (χ2v) is 6.85. The zero-order chi connectivity index (χ0) is 12.8. The van der Waals surface area contributed by atoms with Crippen molar-refractivity contribution in [3.05, 3.63) is 0 Å². The smallest absolute Gasteiger partial charge is 0.0130 e. The van der Waals surface area contributed by atoms with Crippen molar-refractivity contribution in [3.63, 3.8) is 0 Å². The largest absolute Gasteiger partial charge is 0.330 e. The molecule has 0 aliphatic rings. The maximum atomic E-state index is 5.71. The Morgan fingerprint density at radius 1 is 1.12 bits per heavy atom. The number of hydrogen-bond acceptors (Lipinski definition) is 2. The fraction of sp³-hybridized carbons (Fsp3) is 1.00. The molecule has 0 amide bonds. The minimum atomic E-state index is 0.227. The Morgan fingerprint density at radius 2 is 1.69 bits per heavy atom. The molecule has 0 fully saturated rings. The standard InChI is InChI=1S/C14H32N2/c1-7-12(10-15)8-9-16-14(5,6)11-13(2,3)4/h12,16H,7-11,15H2,1-6H3. The molecular formula is C14H32N2. The molecule has 1 unspecified atom stereocenters. The topological polar surface area (TPSA) is 38.0 Å². The van der Waals surface area contributed by atoms with E-state index in [1.165, 1.54) is 19.3 Å². The second-order valence-electron chi connectivity index (χ2n) is 6.85. The molecule has 0 aromatic heterocycles. The maximum absolute atomic E-state index is 5.71. The number of hydrogen-bond donors (Lipinski definition) is 2. The van der Waals surface area contributed by atoms with E-state index in [9.17, 15) is 0 Å². The van der Waals surface area contributed by atoms with Crippen molar-refractivity contribution in [3.8, 4) is 0 Å². The van der Waals surface area contributed by atoms with Crippen LogP contribution in [-0.4, -0.2) is 18.6 Å². The molecule has 0 rings (SSSR count). The third-order valence-electron chi connectivity index (χ3n) is 3.04. The van der Waals surface area contributed by atoms with Gasteiger partial charge in [-0.25, -0.2) is 0 Å². The molecule has 0 aromatic rings. The van der Waals surface area contributed by atoms with Gasteiger partial charge in [-0.3, -0.25) is 0 Å². The predicted molar refractivity (Wildman–Crippen MR) is 73.6 cm³/mol. The molecule has 2 heteroatoms. The molecule has 98 valence electrons. The van der Waals surface area contributed by atoms with E-state index >= 15 is 0 Å². The van der Waals surface area contributed by atoms with Crippen LogP contribution in [-0.2, 0) is 0 Å². The van der Waals surface area contributed by atoms with E-state index in [1.54, 1.807) is 0 Å². The summed E-state index contributed by atoms with van der Waals surface area (Å²) in [5.41, 5.74) is 6.32. The Bertz CT molecular complexity index is 176. The zero-order valence-electron chi connectivity index (χ0n) is 12.2. The monoisotopic (exact) mass is 228 g/mol. The molecule has 16 heavy (non-hydrogen) atoms. The maximum Gasteiger partial charge on any atom is 0.0130 e. The Hall–Kier alpha value is -0.0800. The minimum absolute atomic E-state index is 0.227. The molecule has 2 nitrogen and oxygen atoms in total. The lowest BCUT2D eigenvalue weighted by Crippen LogP contribution is -2.43. The first-order valence-corrected chi connectivity index (χ1v) is 6.65. The normalized spacial score (nSPS) is 15.2. The van der Waals surface area contributed by atoms with E-state index in [2.05, 4.69) is 46.9 Å². The molecule has 0 saturated carbocycles. The minimum Gasteiger partial charge on any atom is -0.330 e. The molecule has 0 spiro atoms. The average Bonchev–Trinajstić information content (AvgIpc) is 2.08. The molecule has 0 bridgehead atoms. The van der Waals surface area contributed by atoms with Crippen LogP contribution >= 0.6 is 0 Å². The van der Waals surface area contributed by atoms with Gasteiger partial charge >= 0.3 is 0 Å². The molecule has 0 radical (unpaired) electrons. The quantitative estimate of drug-likeness (QED) is 0.702. The summed E-state index contributed by atoms with van der Waals surface area (Å²) in [6.07, 6.45) is 3.58. The molecule has 0 heterocycles. The average molecular weight is 228 g/mol. The van der Waals surface area contributed by atoms with Gasteiger partial charge in [-0.2, -0.15) is 0 Å². The van der Waals surface area contributed by atoms with Crippen molar-refractivity contribution in [2.24, 2.45) is 17.1 Å². The van der Waals surface area contributed by atoms with E-state index in [4.69, 9.17) is 5.73 Å².